The standard InChI is InChI=1S/C15H20N2O4/c1-11(15(19)20)16-7-9-17(10-8-16)14(18)12-5-3-4-6-13(12)21-2/h3-6,11H,7-10H2,1-2H3,(H,19,20). The van der Waals surface area contributed by atoms with Crippen LogP contribution < -0.4 is 4.74 Å². The summed E-state index contributed by atoms with van der Waals surface area (Å²) in [5.41, 5.74) is 0.541. The predicted octanol–water partition coefficient (Wildman–Crippen LogP) is 0.926. The average Bonchev–Trinajstić information content (AvgIpc) is 2.53. The number of para-hydroxylation sites is 1. The molecule has 1 amide bonds. The summed E-state index contributed by atoms with van der Waals surface area (Å²) in [6, 6.07) is 6.61. The van der Waals surface area contributed by atoms with E-state index in [-0.39, 0.29) is 5.91 Å². The van der Waals surface area contributed by atoms with Gasteiger partial charge in [0, 0.05) is 26.2 Å². The van der Waals surface area contributed by atoms with Crippen molar-refractivity contribution in [2.75, 3.05) is 33.3 Å². The van der Waals surface area contributed by atoms with Gasteiger partial charge >= 0.3 is 5.97 Å². The van der Waals surface area contributed by atoms with Gasteiger partial charge in [-0.3, -0.25) is 14.5 Å². The van der Waals surface area contributed by atoms with E-state index in [4.69, 9.17) is 9.84 Å². The molecule has 114 valence electrons. The molecule has 0 aromatic heterocycles. The topological polar surface area (TPSA) is 70.1 Å². The van der Waals surface area contributed by atoms with Crippen LogP contribution in [0.2, 0.25) is 0 Å². The first-order valence-electron chi connectivity index (χ1n) is 6.93. The minimum atomic E-state index is -0.834. The van der Waals surface area contributed by atoms with Gasteiger partial charge in [-0.25, -0.2) is 0 Å². The molecule has 1 heterocycles. The molecule has 1 atom stereocenters. The second-order valence-electron chi connectivity index (χ2n) is 5.04. The van der Waals surface area contributed by atoms with Gasteiger partial charge in [-0.05, 0) is 19.1 Å². The smallest absolute Gasteiger partial charge is 0.320 e. The molecule has 0 spiro atoms. The number of methoxy groups -OCH3 is 1. The number of nitrogens with zero attached hydrogens (tertiary/aromatic N) is 2. The third kappa shape index (κ3) is 3.33. The Morgan fingerprint density at radius 2 is 1.81 bits per heavy atom. The molecule has 6 heteroatoms. The van der Waals surface area contributed by atoms with E-state index in [0.717, 1.165) is 0 Å². The van der Waals surface area contributed by atoms with E-state index in [1.807, 2.05) is 11.0 Å². The van der Waals surface area contributed by atoms with Crippen molar-refractivity contribution in [1.29, 1.82) is 0 Å². The number of aliphatic carboxylic acids is 1. The van der Waals surface area contributed by atoms with E-state index in [2.05, 4.69) is 0 Å². The van der Waals surface area contributed by atoms with E-state index in [1.165, 1.54) is 0 Å². The van der Waals surface area contributed by atoms with Crippen molar-refractivity contribution in [2.45, 2.75) is 13.0 Å². The second kappa shape index (κ2) is 6.58. The lowest BCUT2D eigenvalue weighted by Crippen LogP contribution is -2.53. The van der Waals surface area contributed by atoms with Gasteiger partial charge in [0.1, 0.15) is 11.8 Å². The van der Waals surface area contributed by atoms with Crippen molar-refractivity contribution >= 4 is 11.9 Å². The Kier molecular flexibility index (Phi) is 4.80. The number of ether oxygens (including phenoxy) is 1. The summed E-state index contributed by atoms with van der Waals surface area (Å²) in [7, 11) is 1.54. The Hall–Kier alpha value is -2.08. The summed E-state index contributed by atoms with van der Waals surface area (Å²) < 4.78 is 5.21. The van der Waals surface area contributed by atoms with Gasteiger partial charge in [0.2, 0.25) is 0 Å². The Balaban J connectivity index is 2.02. The first-order valence-corrected chi connectivity index (χ1v) is 6.93. The van der Waals surface area contributed by atoms with E-state index in [9.17, 15) is 9.59 Å². The van der Waals surface area contributed by atoms with Crippen LogP contribution in [0.1, 0.15) is 17.3 Å². The van der Waals surface area contributed by atoms with Crippen LogP contribution in [0.25, 0.3) is 0 Å². The summed E-state index contributed by atoms with van der Waals surface area (Å²) >= 11 is 0. The first kappa shape index (κ1) is 15.3. The molecule has 21 heavy (non-hydrogen) atoms. The number of carbonyl (C=O) groups excluding carboxylic acids is 1. The van der Waals surface area contributed by atoms with Crippen molar-refractivity contribution in [3.63, 3.8) is 0 Å². The molecular formula is C15H20N2O4. The number of rotatable bonds is 4. The van der Waals surface area contributed by atoms with Crippen LogP contribution in [0.4, 0.5) is 0 Å². The Labute approximate surface area is 123 Å². The third-order valence-corrected chi connectivity index (χ3v) is 3.84. The lowest BCUT2D eigenvalue weighted by atomic mass is 10.1. The fraction of sp³-hybridized carbons (Fsp3) is 0.467. The molecule has 2 rings (SSSR count). The Bertz CT molecular complexity index is 524. The molecule has 1 aliphatic heterocycles. The monoisotopic (exact) mass is 292 g/mol. The number of hydrogen-bond acceptors (Lipinski definition) is 4. The maximum Gasteiger partial charge on any atom is 0.320 e. The Morgan fingerprint density at radius 1 is 1.19 bits per heavy atom. The minimum absolute atomic E-state index is 0.0740. The van der Waals surface area contributed by atoms with Crippen molar-refractivity contribution < 1.29 is 19.4 Å². The summed E-state index contributed by atoms with van der Waals surface area (Å²) in [6.45, 7) is 3.84. The predicted molar refractivity (Wildman–Crippen MR) is 77.6 cm³/mol. The van der Waals surface area contributed by atoms with Gasteiger partial charge in [0.05, 0.1) is 12.7 Å². The van der Waals surface area contributed by atoms with Crippen LogP contribution in [0.5, 0.6) is 5.75 Å². The fourth-order valence-corrected chi connectivity index (χ4v) is 2.46. The van der Waals surface area contributed by atoms with Gasteiger partial charge in [-0.15, -0.1) is 0 Å². The molecule has 0 radical (unpaired) electrons. The zero-order valence-corrected chi connectivity index (χ0v) is 12.3. The molecule has 1 aliphatic rings. The summed E-state index contributed by atoms with van der Waals surface area (Å²) in [4.78, 5) is 27.1. The lowest BCUT2D eigenvalue weighted by Gasteiger charge is -2.36. The number of carboxylic acids is 1. The lowest BCUT2D eigenvalue weighted by molar-refractivity contribution is -0.143. The molecule has 6 nitrogen and oxygen atoms in total. The fourth-order valence-electron chi connectivity index (χ4n) is 2.46. The number of piperazine rings is 1. The van der Waals surface area contributed by atoms with Crippen molar-refractivity contribution in [3.8, 4) is 5.75 Å². The van der Waals surface area contributed by atoms with E-state index in [1.54, 1.807) is 37.1 Å². The number of hydrogen-bond donors (Lipinski definition) is 1. The van der Waals surface area contributed by atoms with Crippen LogP contribution in [0.3, 0.4) is 0 Å². The van der Waals surface area contributed by atoms with Crippen molar-refractivity contribution in [2.24, 2.45) is 0 Å². The molecule has 1 unspecified atom stereocenters. The molecule has 1 saturated heterocycles. The van der Waals surface area contributed by atoms with Gasteiger partial charge in [0.25, 0.3) is 5.91 Å². The zero-order chi connectivity index (χ0) is 15.4. The molecule has 1 fully saturated rings. The summed E-state index contributed by atoms with van der Waals surface area (Å²) in [5, 5.41) is 9.02. The third-order valence-electron chi connectivity index (χ3n) is 3.84. The second-order valence-corrected chi connectivity index (χ2v) is 5.04. The molecule has 0 bridgehead atoms. The highest BCUT2D eigenvalue weighted by molar-refractivity contribution is 5.97. The van der Waals surface area contributed by atoms with Crippen LogP contribution in [0.15, 0.2) is 24.3 Å². The zero-order valence-electron chi connectivity index (χ0n) is 12.3. The number of amides is 1. The highest BCUT2D eigenvalue weighted by Crippen LogP contribution is 2.20. The van der Waals surface area contributed by atoms with Gasteiger partial charge < -0.3 is 14.7 Å². The van der Waals surface area contributed by atoms with E-state index < -0.39 is 12.0 Å². The van der Waals surface area contributed by atoms with Crippen molar-refractivity contribution in [3.05, 3.63) is 29.8 Å². The van der Waals surface area contributed by atoms with Gasteiger partial charge in [-0.2, -0.15) is 0 Å². The normalized spacial score (nSPS) is 17.3. The maximum absolute atomic E-state index is 12.5. The molecule has 1 N–H and O–H groups in total. The van der Waals surface area contributed by atoms with Crippen LogP contribution in [-0.4, -0.2) is 66.1 Å². The minimum Gasteiger partial charge on any atom is -0.496 e. The number of carboxylic acid groups (broad SMARTS) is 1. The number of benzene rings is 1. The first-order chi connectivity index (χ1) is 10.0. The molecule has 0 aliphatic carbocycles. The number of carbonyl (C=O) groups is 2. The maximum atomic E-state index is 12.5. The quantitative estimate of drug-likeness (QED) is 0.894. The molecule has 1 aromatic rings. The summed E-state index contributed by atoms with van der Waals surface area (Å²) in [5.74, 6) is -0.349. The largest absolute Gasteiger partial charge is 0.496 e. The van der Waals surface area contributed by atoms with Crippen LogP contribution in [-0.2, 0) is 4.79 Å². The van der Waals surface area contributed by atoms with E-state index in [0.29, 0.717) is 37.5 Å². The van der Waals surface area contributed by atoms with Crippen LogP contribution in [0, 0.1) is 0 Å². The van der Waals surface area contributed by atoms with Crippen molar-refractivity contribution in [1.82, 2.24) is 9.80 Å². The van der Waals surface area contributed by atoms with Crippen LogP contribution >= 0.6 is 0 Å². The molecule has 0 saturated carbocycles. The van der Waals surface area contributed by atoms with Gasteiger partial charge in [-0.1, -0.05) is 12.1 Å². The van der Waals surface area contributed by atoms with Gasteiger partial charge in [0.15, 0.2) is 0 Å². The highest BCUT2D eigenvalue weighted by atomic mass is 16.5. The highest BCUT2D eigenvalue weighted by Gasteiger charge is 2.28. The molecule has 1 aromatic carbocycles. The van der Waals surface area contributed by atoms with E-state index >= 15 is 0 Å². The Morgan fingerprint density at radius 3 is 2.38 bits per heavy atom. The molecular weight excluding hydrogens is 272 g/mol. The average molecular weight is 292 g/mol. The summed E-state index contributed by atoms with van der Waals surface area (Å²) in [6.07, 6.45) is 0. The SMILES string of the molecule is COc1ccccc1C(=O)N1CCN(C(C)C(=O)O)CC1.